The van der Waals surface area contributed by atoms with Crippen LogP contribution in [0, 0.1) is 0 Å². The molecule has 0 aliphatic heterocycles. The van der Waals surface area contributed by atoms with E-state index in [2.05, 4.69) is 21.9 Å². The molecule has 0 unspecified atom stereocenters. The SMILES string of the molecule is COC(=O)c1ccc(C(C)(F)F)cc1N=CC=S. The number of ether oxygens (including phenoxy) is 1. The van der Waals surface area contributed by atoms with Crippen molar-refractivity contribution in [1.82, 2.24) is 0 Å². The van der Waals surface area contributed by atoms with E-state index < -0.39 is 11.9 Å². The lowest BCUT2D eigenvalue weighted by Crippen LogP contribution is -2.08. The summed E-state index contributed by atoms with van der Waals surface area (Å²) >= 11 is 4.56. The molecule has 0 bridgehead atoms. The largest absolute Gasteiger partial charge is 0.465 e. The van der Waals surface area contributed by atoms with E-state index in [0.29, 0.717) is 0 Å². The quantitative estimate of drug-likeness (QED) is 0.479. The second-order valence-corrected chi connectivity index (χ2v) is 3.80. The van der Waals surface area contributed by atoms with Crippen molar-refractivity contribution < 1.29 is 18.3 Å². The normalized spacial score (nSPS) is 11.6. The number of halogens is 2. The molecule has 0 aliphatic carbocycles. The fraction of sp³-hybridized carbons (Fsp3) is 0.250. The Labute approximate surface area is 108 Å². The molecule has 3 nitrogen and oxygen atoms in total. The minimum atomic E-state index is -3.00. The van der Waals surface area contributed by atoms with Gasteiger partial charge in [0.1, 0.15) is 0 Å². The summed E-state index contributed by atoms with van der Waals surface area (Å²) in [6, 6.07) is 3.57. The second-order valence-electron chi connectivity index (χ2n) is 3.53. The minimum Gasteiger partial charge on any atom is -0.465 e. The van der Waals surface area contributed by atoms with Gasteiger partial charge in [0.15, 0.2) is 0 Å². The summed E-state index contributed by atoms with van der Waals surface area (Å²) in [4.78, 5) is 15.3. The van der Waals surface area contributed by atoms with Gasteiger partial charge < -0.3 is 4.74 Å². The molecule has 96 valence electrons. The number of rotatable bonds is 4. The lowest BCUT2D eigenvalue weighted by atomic mass is 10.1. The van der Waals surface area contributed by atoms with Crippen molar-refractivity contribution in [2.45, 2.75) is 12.8 Å². The molecule has 0 fully saturated rings. The highest BCUT2D eigenvalue weighted by Crippen LogP contribution is 2.31. The van der Waals surface area contributed by atoms with Crippen LogP contribution in [0.5, 0.6) is 0 Å². The number of hydrogen-bond donors (Lipinski definition) is 0. The van der Waals surface area contributed by atoms with Crippen molar-refractivity contribution in [2.24, 2.45) is 4.99 Å². The molecular weight excluding hydrogens is 260 g/mol. The number of aliphatic imine (C=N–C) groups is 1. The van der Waals surface area contributed by atoms with Gasteiger partial charge in [-0.1, -0.05) is 18.3 Å². The maximum absolute atomic E-state index is 13.2. The zero-order valence-electron chi connectivity index (χ0n) is 9.81. The lowest BCUT2D eigenvalue weighted by molar-refractivity contribution is 0.0174. The minimum absolute atomic E-state index is 0.0991. The number of benzene rings is 1. The standard InChI is InChI=1S/C12H11F2NO2S/c1-12(13,14)8-3-4-9(11(16)17-2)10(7-8)15-5-6-18/h3-7H,1-2H3. The zero-order chi connectivity index (χ0) is 13.8. The molecule has 0 amide bonds. The molecule has 0 heterocycles. The second kappa shape index (κ2) is 5.77. The van der Waals surface area contributed by atoms with Gasteiger partial charge in [-0.05, 0) is 12.1 Å². The zero-order valence-corrected chi connectivity index (χ0v) is 10.6. The molecule has 0 N–H and O–H groups in total. The summed E-state index contributed by atoms with van der Waals surface area (Å²) in [7, 11) is 1.21. The van der Waals surface area contributed by atoms with Crippen LogP contribution < -0.4 is 0 Å². The first-order valence-electron chi connectivity index (χ1n) is 4.98. The van der Waals surface area contributed by atoms with Crippen LogP contribution >= 0.6 is 12.2 Å². The van der Waals surface area contributed by atoms with Crippen molar-refractivity contribution in [3.05, 3.63) is 29.3 Å². The molecular formula is C12H11F2NO2S. The molecule has 0 radical (unpaired) electrons. The van der Waals surface area contributed by atoms with Gasteiger partial charge in [-0.25, -0.2) is 13.6 Å². The number of hydrogen-bond acceptors (Lipinski definition) is 4. The predicted octanol–water partition coefficient (Wildman–Crippen LogP) is 3.29. The Morgan fingerprint density at radius 1 is 1.50 bits per heavy atom. The summed E-state index contributed by atoms with van der Waals surface area (Å²) in [5.74, 6) is -3.64. The molecule has 6 heteroatoms. The summed E-state index contributed by atoms with van der Waals surface area (Å²) in [5.41, 5.74) is -0.0211. The highest BCUT2D eigenvalue weighted by molar-refractivity contribution is 7.80. The predicted molar refractivity (Wildman–Crippen MR) is 69.2 cm³/mol. The molecule has 0 atom stereocenters. The Bertz CT molecular complexity index is 495. The van der Waals surface area contributed by atoms with E-state index in [9.17, 15) is 13.6 Å². The fourth-order valence-corrected chi connectivity index (χ4v) is 1.37. The summed E-state index contributed by atoms with van der Waals surface area (Å²) in [6.07, 6.45) is 1.24. The Balaban J connectivity index is 3.33. The number of alkyl halides is 2. The van der Waals surface area contributed by atoms with Crippen LogP contribution in [-0.2, 0) is 10.7 Å². The molecule has 0 spiro atoms. The molecule has 0 aromatic heterocycles. The van der Waals surface area contributed by atoms with Crippen LogP contribution in [0.15, 0.2) is 23.2 Å². The highest BCUT2D eigenvalue weighted by Gasteiger charge is 2.26. The molecule has 1 aromatic rings. The van der Waals surface area contributed by atoms with E-state index in [-0.39, 0.29) is 16.8 Å². The number of carbonyl (C=O) groups is 1. The maximum Gasteiger partial charge on any atom is 0.340 e. The first-order chi connectivity index (χ1) is 8.40. The van der Waals surface area contributed by atoms with Crippen LogP contribution in [0.3, 0.4) is 0 Å². The third-order valence-corrected chi connectivity index (χ3v) is 2.31. The molecule has 0 saturated carbocycles. The smallest absolute Gasteiger partial charge is 0.340 e. The number of nitrogens with zero attached hydrogens (tertiary/aromatic N) is 1. The third-order valence-electron chi connectivity index (χ3n) is 2.18. The van der Waals surface area contributed by atoms with E-state index in [1.807, 2.05) is 0 Å². The topological polar surface area (TPSA) is 38.7 Å². The summed E-state index contributed by atoms with van der Waals surface area (Å²) in [6.45, 7) is 0.771. The Morgan fingerprint density at radius 2 is 2.17 bits per heavy atom. The summed E-state index contributed by atoms with van der Waals surface area (Å²) in [5, 5.41) is 1.22. The highest BCUT2D eigenvalue weighted by atomic mass is 32.1. The number of thiocarbonyl (C=S) groups is 1. The monoisotopic (exact) mass is 271 g/mol. The first-order valence-corrected chi connectivity index (χ1v) is 5.45. The number of carbonyl (C=O) groups excluding carboxylic acids is 1. The summed E-state index contributed by atoms with van der Waals surface area (Å²) < 4.78 is 30.9. The van der Waals surface area contributed by atoms with Crippen LogP contribution in [0.1, 0.15) is 22.8 Å². The lowest BCUT2D eigenvalue weighted by Gasteiger charge is -2.12. The van der Waals surface area contributed by atoms with Crippen molar-refractivity contribution in [3.8, 4) is 0 Å². The number of methoxy groups -OCH3 is 1. The average Bonchev–Trinajstić information content (AvgIpc) is 2.34. The van der Waals surface area contributed by atoms with Gasteiger partial charge in [0, 0.05) is 24.1 Å². The van der Waals surface area contributed by atoms with Crippen molar-refractivity contribution in [2.75, 3.05) is 7.11 Å². The van der Waals surface area contributed by atoms with E-state index in [0.717, 1.165) is 13.0 Å². The molecule has 0 saturated heterocycles. The molecule has 1 rings (SSSR count). The van der Waals surface area contributed by atoms with Crippen molar-refractivity contribution in [1.29, 1.82) is 0 Å². The van der Waals surface area contributed by atoms with E-state index >= 15 is 0 Å². The Morgan fingerprint density at radius 3 is 2.67 bits per heavy atom. The molecule has 1 aromatic carbocycles. The third kappa shape index (κ3) is 3.40. The molecule has 0 aliphatic rings. The van der Waals surface area contributed by atoms with Crippen molar-refractivity contribution in [3.63, 3.8) is 0 Å². The maximum atomic E-state index is 13.2. The molecule has 18 heavy (non-hydrogen) atoms. The van der Waals surface area contributed by atoms with Gasteiger partial charge in [0.25, 0.3) is 5.92 Å². The Kier molecular flexibility index (Phi) is 4.61. The van der Waals surface area contributed by atoms with Gasteiger partial charge in [-0.15, -0.1) is 0 Å². The van der Waals surface area contributed by atoms with Crippen LogP contribution in [-0.4, -0.2) is 24.7 Å². The average molecular weight is 271 g/mol. The van der Waals surface area contributed by atoms with Gasteiger partial charge in [-0.2, -0.15) is 0 Å². The van der Waals surface area contributed by atoms with E-state index in [1.54, 1.807) is 0 Å². The van der Waals surface area contributed by atoms with Gasteiger partial charge >= 0.3 is 5.97 Å². The first kappa shape index (κ1) is 14.4. The van der Waals surface area contributed by atoms with Crippen LogP contribution in [0.4, 0.5) is 14.5 Å². The Hall–Kier alpha value is -1.69. The van der Waals surface area contributed by atoms with Gasteiger partial charge in [-0.3, -0.25) is 4.99 Å². The van der Waals surface area contributed by atoms with Crippen molar-refractivity contribution >= 4 is 35.5 Å². The van der Waals surface area contributed by atoms with Gasteiger partial charge in [0.05, 0.1) is 18.4 Å². The van der Waals surface area contributed by atoms with Gasteiger partial charge in [0.2, 0.25) is 0 Å². The van der Waals surface area contributed by atoms with Crippen LogP contribution in [0.25, 0.3) is 0 Å². The number of esters is 1. The van der Waals surface area contributed by atoms with E-state index in [4.69, 9.17) is 0 Å². The fourth-order valence-electron chi connectivity index (χ4n) is 1.30. The van der Waals surface area contributed by atoms with E-state index in [1.165, 1.54) is 30.8 Å². The van der Waals surface area contributed by atoms with Crippen LogP contribution in [0.2, 0.25) is 0 Å².